The molecule has 0 N–H and O–H groups in total. The highest BCUT2D eigenvalue weighted by molar-refractivity contribution is 5.96. The summed E-state index contributed by atoms with van der Waals surface area (Å²) in [7, 11) is 0. The lowest BCUT2D eigenvalue weighted by Gasteiger charge is -2.26. The van der Waals surface area contributed by atoms with Gasteiger partial charge in [0.25, 0.3) is 0 Å². The summed E-state index contributed by atoms with van der Waals surface area (Å²) in [5.41, 5.74) is 3.22. The lowest BCUT2D eigenvalue weighted by atomic mass is 10.0. The molecule has 1 saturated carbocycles. The van der Waals surface area contributed by atoms with Crippen molar-refractivity contribution in [2.75, 3.05) is 13.1 Å². The number of rotatable bonds is 7. The molecule has 1 aromatic rings. The van der Waals surface area contributed by atoms with E-state index in [2.05, 4.69) is 38.7 Å². The third-order valence-electron chi connectivity index (χ3n) is 4.09. The first kappa shape index (κ1) is 15.2. The minimum atomic E-state index is 0.276. The van der Waals surface area contributed by atoms with Crippen molar-refractivity contribution in [2.45, 2.75) is 53.0 Å². The molecule has 1 aliphatic rings. The summed E-state index contributed by atoms with van der Waals surface area (Å²) in [6, 6.07) is 6.67. The smallest absolute Gasteiger partial charge is 0.164 e. The molecule has 0 unspecified atom stereocenters. The molecule has 2 heteroatoms. The normalized spacial score (nSPS) is 15.1. The van der Waals surface area contributed by atoms with E-state index in [1.165, 1.54) is 24.0 Å². The summed E-state index contributed by atoms with van der Waals surface area (Å²) in [4.78, 5) is 14.8. The Labute approximate surface area is 123 Å². The predicted molar refractivity (Wildman–Crippen MR) is 84.3 cm³/mol. The van der Waals surface area contributed by atoms with Crippen molar-refractivity contribution < 1.29 is 4.79 Å². The topological polar surface area (TPSA) is 20.3 Å². The Balaban J connectivity index is 1.92. The molecule has 0 heterocycles. The molecule has 0 aliphatic heterocycles. The van der Waals surface area contributed by atoms with Crippen LogP contribution in [0.15, 0.2) is 18.2 Å². The summed E-state index contributed by atoms with van der Waals surface area (Å²) in [5, 5.41) is 0. The maximum absolute atomic E-state index is 12.4. The van der Waals surface area contributed by atoms with Crippen LogP contribution in [0.3, 0.4) is 0 Å². The molecule has 1 fully saturated rings. The third-order valence-corrected chi connectivity index (χ3v) is 4.09. The van der Waals surface area contributed by atoms with Gasteiger partial charge in [-0.1, -0.05) is 17.2 Å². The first-order valence-corrected chi connectivity index (χ1v) is 7.81. The lowest BCUT2D eigenvalue weighted by Crippen LogP contribution is -2.34. The molecule has 0 amide bonds. The number of aryl methyl sites for hydroxylation is 2. The molecule has 20 heavy (non-hydrogen) atoms. The first-order chi connectivity index (χ1) is 9.45. The van der Waals surface area contributed by atoms with Gasteiger partial charge in [-0.3, -0.25) is 4.79 Å². The zero-order valence-electron chi connectivity index (χ0n) is 13.3. The number of ketones is 1. The van der Waals surface area contributed by atoms with E-state index in [9.17, 15) is 4.79 Å². The molecular formula is C18H27NO. The van der Waals surface area contributed by atoms with Crippen molar-refractivity contribution in [2.24, 2.45) is 5.92 Å². The van der Waals surface area contributed by atoms with Crippen LogP contribution in [0.4, 0.5) is 0 Å². The Morgan fingerprint density at radius 1 is 1.20 bits per heavy atom. The highest BCUT2D eigenvalue weighted by Crippen LogP contribution is 2.30. The molecule has 0 bridgehead atoms. The van der Waals surface area contributed by atoms with Gasteiger partial charge >= 0.3 is 0 Å². The number of benzene rings is 1. The van der Waals surface area contributed by atoms with Crippen LogP contribution in [-0.2, 0) is 0 Å². The van der Waals surface area contributed by atoms with E-state index in [1.807, 2.05) is 12.1 Å². The Hall–Kier alpha value is -1.15. The van der Waals surface area contributed by atoms with Crippen molar-refractivity contribution in [3.63, 3.8) is 0 Å². The molecule has 0 spiro atoms. The van der Waals surface area contributed by atoms with E-state index in [-0.39, 0.29) is 5.78 Å². The zero-order chi connectivity index (χ0) is 14.7. The number of Topliss-reactive ketones (excluding diaryl/α,β-unsaturated/α-hetero) is 1. The van der Waals surface area contributed by atoms with Crippen LogP contribution in [0.25, 0.3) is 0 Å². The van der Waals surface area contributed by atoms with E-state index in [0.29, 0.717) is 12.5 Å². The molecule has 1 aliphatic carbocycles. The maximum atomic E-state index is 12.4. The summed E-state index contributed by atoms with van der Waals surface area (Å²) < 4.78 is 0. The first-order valence-electron chi connectivity index (χ1n) is 7.81. The van der Waals surface area contributed by atoms with E-state index in [1.54, 1.807) is 0 Å². The second-order valence-electron chi connectivity index (χ2n) is 6.58. The zero-order valence-corrected chi connectivity index (χ0v) is 13.3. The van der Waals surface area contributed by atoms with Gasteiger partial charge < -0.3 is 4.90 Å². The summed E-state index contributed by atoms with van der Waals surface area (Å²) in [6.45, 7) is 10.6. The average Bonchev–Trinajstić information content (AvgIpc) is 3.16. The Kier molecular flexibility index (Phi) is 4.98. The minimum Gasteiger partial charge on any atom is -0.300 e. The van der Waals surface area contributed by atoms with Gasteiger partial charge in [-0.05, 0) is 58.6 Å². The van der Waals surface area contributed by atoms with Crippen LogP contribution in [0.1, 0.15) is 54.6 Å². The Bertz CT molecular complexity index is 454. The highest BCUT2D eigenvalue weighted by atomic mass is 16.1. The minimum absolute atomic E-state index is 0.276. The van der Waals surface area contributed by atoms with E-state index >= 15 is 0 Å². The summed E-state index contributed by atoms with van der Waals surface area (Å²) >= 11 is 0. The van der Waals surface area contributed by atoms with Crippen molar-refractivity contribution >= 4 is 5.78 Å². The second-order valence-corrected chi connectivity index (χ2v) is 6.58. The fraction of sp³-hybridized carbons (Fsp3) is 0.611. The number of nitrogens with zero attached hydrogens (tertiary/aromatic N) is 1. The van der Waals surface area contributed by atoms with Gasteiger partial charge in [0.2, 0.25) is 0 Å². The molecule has 0 aromatic heterocycles. The van der Waals surface area contributed by atoms with Crippen molar-refractivity contribution in [1.29, 1.82) is 0 Å². The summed E-state index contributed by atoms with van der Waals surface area (Å²) in [5.74, 6) is 1.16. The molecule has 2 rings (SSSR count). The van der Waals surface area contributed by atoms with Crippen molar-refractivity contribution in [1.82, 2.24) is 4.90 Å². The molecule has 2 nitrogen and oxygen atoms in total. The number of hydrogen-bond donors (Lipinski definition) is 0. The molecule has 0 atom stereocenters. The van der Waals surface area contributed by atoms with Crippen LogP contribution in [0.5, 0.6) is 0 Å². The largest absolute Gasteiger partial charge is 0.300 e. The molecule has 1 aromatic carbocycles. The van der Waals surface area contributed by atoms with Crippen LogP contribution in [-0.4, -0.2) is 29.8 Å². The highest BCUT2D eigenvalue weighted by Gasteiger charge is 2.25. The molecule has 0 radical (unpaired) electrons. The van der Waals surface area contributed by atoms with E-state index < -0.39 is 0 Å². The van der Waals surface area contributed by atoms with E-state index in [0.717, 1.165) is 24.6 Å². The van der Waals surface area contributed by atoms with Gasteiger partial charge in [0, 0.05) is 31.1 Å². The fourth-order valence-corrected chi connectivity index (χ4v) is 2.72. The van der Waals surface area contributed by atoms with Gasteiger partial charge in [0.05, 0.1) is 0 Å². The Morgan fingerprint density at radius 2 is 1.80 bits per heavy atom. The van der Waals surface area contributed by atoms with Gasteiger partial charge in [-0.15, -0.1) is 0 Å². The number of carbonyl (C=O) groups is 1. The quantitative estimate of drug-likeness (QED) is 0.700. The monoisotopic (exact) mass is 273 g/mol. The third kappa shape index (κ3) is 4.45. The standard InChI is InChI=1S/C18H27NO/c1-13(2)19(12-16-5-6-16)8-7-18(20)17-10-14(3)9-15(4)11-17/h9-11,13,16H,5-8,12H2,1-4H3. The average molecular weight is 273 g/mol. The fourth-order valence-electron chi connectivity index (χ4n) is 2.72. The number of hydrogen-bond acceptors (Lipinski definition) is 2. The van der Waals surface area contributed by atoms with Gasteiger partial charge in [0.15, 0.2) is 5.78 Å². The maximum Gasteiger partial charge on any atom is 0.164 e. The van der Waals surface area contributed by atoms with Crippen LogP contribution >= 0.6 is 0 Å². The number of carbonyl (C=O) groups excluding carboxylic acids is 1. The van der Waals surface area contributed by atoms with Crippen LogP contribution in [0, 0.1) is 19.8 Å². The molecule has 0 saturated heterocycles. The van der Waals surface area contributed by atoms with E-state index in [4.69, 9.17) is 0 Å². The van der Waals surface area contributed by atoms with Crippen molar-refractivity contribution in [3.05, 3.63) is 34.9 Å². The second kappa shape index (κ2) is 6.53. The van der Waals surface area contributed by atoms with Gasteiger partial charge in [-0.2, -0.15) is 0 Å². The molecular weight excluding hydrogens is 246 g/mol. The lowest BCUT2D eigenvalue weighted by molar-refractivity contribution is 0.0953. The van der Waals surface area contributed by atoms with Crippen LogP contribution in [0.2, 0.25) is 0 Å². The summed E-state index contributed by atoms with van der Waals surface area (Å²) in [6.07, 6.45) is 3.37. The van der Waals surface area contributed by atoms with Crippen LogP contribution < -0.4 is 0 Å². The van der Waals surface area contributed by atoms with Crippen molar-refractivity contribution in [3.8, 4) is 0 Å². The molecule has 110 valence electrons. The van der Waals surface area contributed by atoms with Gasteiger partial charge in [0.1, 0.15) is 0 Å². The SMILES string of the molecule is Cc1cc(C)cc(C(=O)CCN(CC2CC2)C(C)C)c1. The predicted octanol–water partition coefficient (Wildman–Crippen LogP) is 4.00. The Morgan fingerprint density at radius 3 is 2.30 bits per heavy atom. The van der Waals surface area contributed by atoms with Gasteiger partial charge in [-0.25, -0.2) is 0 Å².